The Bertz CT molecular complexity index is 781. The number of ether oxygens (including phenoxy) is 2. The first kappa shape index (κ1) is 18.3. The lowest BCUT2D eigenvalue weighted by atomic mass is 10.0. The minimum Gasteiger partial charge on any atom is -0.465 e. The highest BCUT2D eigenvalue weighted by Crippen LogP contribution is 2.33. The summed E-state index contributed by atoms with van der Waals surface area (Å²) < 4.78 is 9.75. The lowest BCUT2D eigenvalue weighted by molar-refractivity contribution is -0.385. The summed E-state index contributed by atoms with van der Waals surface area (Å²) in [6, 6.07) is 6.00. The Kier molecular flexibility index (Phi) is 5.66. The Morgan fingerprint density at radius 1 is 1.32 bits per heavy atom. The number of hydrogen-bond acceptors (Lipinski definition) is 6. The second-order valence-electron chi connectivity index (χ2n) is 5.28. The third-order valence-corrected chi connectivity index (χ3v) is 3.85. The van der Waals surface area contributed by atoms with Crippen molar-refractivity contribution in [3.63, 3.8) is 0 Å². The molecule has 0 N–H and O–H groups in total. The summed E-state index contributed by atoms with van der Waals surface area (Å²) >= 11 is 0. The van der Waals surface area contributed by atoms with E-state index in [-0.39, 0.29) is 35.5 Å². The van der Waals surface area contributed by atoms with Crippen LogP contribution in [0.15, 0.2) is 41.1 Å². The molecule has 1 amide bonds. The van der Waals surface area contributed by atoms with Gasteiger partial charge < -0.3 is 14.4 Å². The van der Waals surface area contributed by atoms with Crippen molar-refractivity contribution in [1.82, 2.24) is 4.90 Å². The number of methoxy groups -OCH3 is 2. The van der Waals surface area contributed by atoms with Crippen LogP contribution in [0.2, 0.25) is 0 Å². The van der Waals surface area contributed by atoms with Crippen LogP contribution in [-0.4, -0.2) is 49.1 Å². The van der Waals surface area contributed by atoms with Crippen LogP contribution in [0, 0.1) is 10.1 Å². The summed E-state index contributed by atoms with van der Waals surface area (Å²) in [5.41, 5.74) is 0.675. The van der Waals surface area contributed by atoms with E-state index >= 15 is 0 Å². The highest BCUT2D eigenvalue weighted by molar-refractivity contribution is 6.16. The SMILES string of the molecule is COCCN1C(=O)/C(=C\c2ccccc2[N+](=O)[O-])C(C(=O)OC)=C1C. The molecule has 0 fully saturated rings. The molecule has 0 radical (unpaired) electrons. The van der Waals surface area contributed by atoms with Crippen molar-refractivity contribution < 1.29 is 24.0 Å². The fourth-order valence-corrected chi connectivity index (χ4v) is 2.61. The fourth-order valence-electron chi connectivity index (χ4n) is 2.61. The average Bonchev–Trinajstić information content (AvgIpc) is 2.83. The number of esters is 1. The number of nitro groups is 1. The van der Waals surface area contributed by atoms with Crippen molar-refractivity contribution >= 4 is 23.6 Å². The Morgan fingerprint density at radius 3 is 2.60 bits per heavy atom. The zero-order valence-corrected chi connectivity index (χ0v) is 14.1. The molecule has 1 aliphatic rings. The van der Waals surface area contributed by atoms with Gasteiger partial charge in [0.25, 0.3) is 11.6 Å². The zero-order chi connectivity index (χ0) is 18.6. The van der Waals surface area contributed by atoms with E-state index in [2.05, 4.69) is 0 Å². The summed E-state index contributed by atoms with van der Waals surface area (Å²) in [6.07, 6.45) is 1.35. The molecular weight excluding hydrogens is 328 g/mol. The topological polar surface area (TPSA) is 99.0 Å². The van der Waals surface area contributed by atoms with Gasteiger partial charge in [0.15, 0.2) is 0 Å². The van der Waals surface area contributed by atoms with Gasteiger partial charge in [-0.3, -0.25) is 14.9 Å². The number of rotatable bonds is 6. The van der Waals surface area contributed by atoms with E-state index in [1.165, 1.54) is 43.4 Å². The summed E-state index contributed by atoms with van der Waals surface area (Å²) in [7, 11) is 2.72. The molecule has 2 rings (SSSR count). The lowest BCUT2D eigenvalue weighted by Crippen LogP contribution is -2.28. The Hall–Kier alpha value is -3.00. The van der Waals surface area contributed by atoms with E-state index < -0.39 is 16.8 Å². The molecule has 8 nitrogen and oxygen atoms in total. The van der Waals surface area contributed by atoms with Gasteiger partial charge in [-0.1, -0.05) is 12.1 Å². The second kappa shape index (κ2) is 7.71. The third kappa shape index (κ3) is 3.58. The van der Waals surface area contributed by atoms with Crippen LogP contribution in [-0.2, 0) is 19.1 Å². The van der Waals surface area contributed by atoms with Crippen molar-refractivity contribution in [2.75, 3.05) is 27.4 Å². The highest BCUT2D eigenvalue weighted by Gasteiger charge is 2.37. The number of para-hydroxylation sites is 1. The van der Waals surface area contributed by atoms with E-state index in [4.69, 9.17) is 9.47 Å². The summed E-state index contributed by atoms with van der Waals surface area (Å²) in [5.74, 6) is -1.09. The van der Waals surface area contributed by atoms with Crippen molar-refractivity contribution in [2.45, 2.75) is 6.92 Å². The Labute approximate surface area is 144 Å². The van der Waals surface area contributed by atoms with E-state index in [0.29, 0.717) is 5.70 Å². The van der Waals surface area contributed by atoms with Crippen molar-refractivity contribution in [1.29, 1.82) is 0 Å². The van der Waals surface area contributed by atoms with Crippen molar-refractivity contribution in [3.05, 3.63) is 56.8 Å². The molecule has 0 saturated carbocycles. The number of allylic oxidation sites excluding steroid dienone is 1. The van der Waals surface area contributed by atoms with Gasteiger partial charge in [0.2, 0.25) is 0 Å². The normalized spacial score (nSPS) is 15.9. The molecule has 1 aromatic rings. The first-order valence-corrected chi connectivity index (χ1v) is 7.47. The lowest BCUT2D eigenvalue weighted by Gasteiger charge is -2.16. The molecule has 0 atom stereocenters. The van der Waals surface area contributed by atoms with E-state index in [1.54, 1.807) is 13.0 Å². The summed E-state index contributed by atoms with van der Waals surface area (Å²) in [6.45, 7) is 2.17. The molecule has 25 heavy (non-hydrogen) atoms. The predicted octanol–water partition coefficient (Wildman–Crippen LogP) is 1.91. The standard InChI is InChI=1S/C17H18N2O6/c1-11-15(17(21)25-3)13(16(20)18(11)8-9-24-2)10-12-6-4-5-7-14(12)19(22)23/h4-7,10H,8-9H2,1-3H3/b13-10-. The number of nitrogens with zero attached hydrogens (tertiary/aromatic N) is 2. The molecular formula is C17H18N2O6. The third-order valence-electron chi connectivity index (χ3n) is 3.85. The number of nitro benzene ring substituents is 1. The van der Waals surface area contributed by atoms with E-state index in [1.807, 2.05) is 0 Å². The predicted molar refractivity (Wildman–Crippen MR) is 89.4 cm³/mol. The highest BCUT2D eigenvalue weighted by atomic mass is 16.6. The van der Waals surface area contributed by atoms with Crippen molar-refractivity contribution in [3.8, 4) is 0 Å². The first-order valence-electron chi connectivity index (χ1n) is 7.47. The van der Waals surface area contributed by atoms with Gasteiger partial charge in [0.05, 0.1) is 35.3 Å². The van der Waals surface area contributed by atoms with Gasteiger partial charge in [-0.05, 0) is 19.1 Å². The van der Waals surface area contributed by atoms with Crippen LogP contribution in [0.25, 0.3) is 6.08 Å². The Balaban J connectivity index is 2.56. The molecule has 1 aliphatic heterocycles. The van der Waals surface area contributed by atoms with Gasteiger partial charge in [0, 0.05) is 25.4 Å². The van der Waals surface area contributed by atoms with Crippen LogP contribution >= 0.6 is 0 Å². The van der Waals surface area contributed by atoms with Crippen LogP contribution in [0.3, 0.4) is 0 Å². The van der Waals surface area contributed by atoms with Gasteiger partial charge in [-0.25, -0.2) is 4.79 Å². The number of hydrogen-bond donors (Lipinski definition) is 0. The van der Waals surface area contributed by atoms with Crippen LogP contribution < -0.4 is 0 Å². The van der Waals surface area contributed by atoms with Gasteiger partial charge in [-0.2, -0.15) is 0 Å². The molecule has 0 saturated heterocycles. The molecule has 0 aliphatic carbocycles. The molecule has 8 heteroatoms. The first-order chi connectivity index (χ1) is 11.9. The average molecular weight is 346 g/mol. The molecule has 0 aromatic heterocycles. The maximum atomic E-state index is 12.7. The van der Waals surface area contributed by atoms with Gasteiger partial charge in [-0.15, -0.1) is 0 Å². The van der Waals surface area contributed by atoms with Crippen molar-refractivity contribution in [2.24, 2.45) is 0 Å². The quantitative estimate of drug-likeness (QED) is 0.338. The molecule has 1 heterocycles. The fraction of sp³-hybridized carbons (Fsp3) is 0.294. The van der Waals surface area contributed by atoms with Gasteiger partial charge in [0.1, 0.15) is 0 Å². The zero-order valence-electron chi connectivity index (χ0n) is 14.1. The molecule has 0 bridgehead atoms. The summed E-state index contributed by atoms with van der Waals surface area (Å²) in [4.78, 5) is 36.9. The number of carbonyl (C=O) groups excluding carboxylic acids is 2. The van der Waals surface area contributed by atoms with E-state index in [9.17, 15) is 19.7 Å². The van der Waals surface area contributed by atoms with Gasteiger partial charge >= 0.3 is 5.97 Å². The maximum Gasteiger partial charge on any atom is 0.340 e. The largest absolute Gasteiger partial charge is 0.465 e. The Morgan fingerprint density at radius 2 is 2.00 bits per heavy atom. The molecule has 132 valence electrons. The molecule has 0 spiro atoms. The number of benzene rings is 1. The van der Waals surface area contributed by atoms with Crippen LogP contribution in [0.4, 0.5) is 5.69 Å². The second-order valence-corrected chi connectivity index (χ2v) is 5.28. The summed E-state index contributed by atoms with van der Waals surface area (Å²) in [5, 5.41) is 11.2. The number of carbonyl (C=O) groups is 2. The number of amides is 1. The minimum atomic E-state index is -0.671. The van der Waals surface area contributed by atoms with Crippen LogP contribution in [0.1, 0.15) is 12.5 Å². The molecule has 0 unspecified atom stereocenters. The minimum absolute atomic E-state index is 0.0646. The molecule has 1 aromatic carbocycles. The smallest absolute Gasteiger partial charge is 0.340 e. The maximum absolute atomic E-state index is 12.7. The van der Waals surface area contributed by atoms with E-state index in [0.717, 1.165) is 0 Å². The van der Waals surface area contributed by atoms with Crippen LogP contribution in [0.5, 0.6) is 0 Å². The monoisotopic (exact) mass is 346 g/mol.